The van der Waals surface area contributed by atoms with Crippen molar-refractivity contribution in [1.29, 1.82) is 0 Å². The Labute approximate surface area is 123 Å². The molecule has 0 unspecified atom stereocenters. The summed E-state index contributed by atoms with van der Waals surface area (Å²) in [5.74, 6) is 1.02. The van der Waals surface area contributed by atoms with Crippen molar-refractivity contribution in [3.05, 3.63) is 35.8 Å². The van der Waals surface area contributed by atoms with Crippen molar-refractivity contribution in [3.8, 4) is 5.75 Å². The lowest BCUT2D eigenvalue weighted by Crippen LogP contribution is -2.16. The first kappa shape index (κ1) is 15.3. The minimum Gasteiger partial charge on any atom is -0.495 e. The Bertz CT molecular complexity index is 711. The smallest absolute Gasteiger partial charge is 0.281 e. The molecule has 1 aromatic carbocycles. The molecule has 0 spiro atoms. The van der Waals surface area contributed by atoms with Crippen LogP contribution in [0.15, 0.2) is 29.4 Å². The largest absolute Gasteiger partial charge is 0.495 e. The van der Waals surface area contributed by atoms with E-state index in [9.17, 15) is 8.42 Å². The fraction of sp³-hybridized carbons (Fsp3) is 0.308. The summed E-state index contributed by atoms with van der Waals surface area (Å²) in [5, 5.41) is -0.0450. The molecule has 0 bridgehead atoms. The van der Waals surface area contributed by atoms with Gasteiger partial charge >= 0.3 is 0 Å². The molecule has 114 valence electrons. The Hall–Kier alpha value is -2.06. The summed E-state index contributed by atoms with van der Waals surface area (Å²) in [7, 11) is -0.595. The predicted molar refractivity (Wildman–Crippen MR) is 79.6 cm³/mol. The molecule has 21 heavy (non-hydrogen) atoms. The molecule has 0 radical (unpaired) electrons. The third-order valence-electron chi connectivity index (χ3n) is 3.15. The van der Waals surface area contributed by atoms with Gasteiger partial charge in [0.2, 0.25) is 0 Å². The first-order valence-corrected chi connectivity index (χ1v) is 7.76. The number of sulfonamides is 1. The van der Waals surface area contributed by atoms with E-state index in [0.717, 1.165) is 0 Å². The maximum absolute atomic E-state index is 12.4. The molecule has 1 aromatic heterocycles. The van der Waals surface area contributed by atoms with Gasteiger partial charge in [-0.25, -0.2) is 4.98 Å². The first-order valence-electron chi connectivity index (χ1n) is 6.27. The van der Waals surface area contributed by atoms with Gasteiger partial charge in [-0.1, -0.05) is 12.1 Å². The number of nitrogens with zero attached hydrogens (tertiary/aromatic N) is 2. The third kappa shape index (κ3) is 3.01. The topological polar surface area (TPSA) is 99.2 Å². The third-order valence-corrected chi connectivity index (χ3v) is 4.37. The number of aryl methyl sites for hydroxylation is 2. The number of anilines is 1. The van der Waals surface area contributed by atoms with Crippen LogP contribution < -0.4 is 15.2 Å². The van der Waals surface area contributed by atoms with Crippen molar-refractivity contribution >= 4 is 15.7 Å². The van der Waals surface area contributed by atoms with Crippen LogP contribution in [-0.2, 0) is 23.6 Å². The predicted octanol–water partition coefficient (Wildman–Crippen LogP) is 0.997. The number of benzene rings is 1. The average molecular weight is 310 g/mol. The number of nitrogens with two attached hydrogens (primary N) is 1. The average Bonchev–Trinajstić information content (AvgIpc) is 2.79. The molecule has 0 amide bonds. The molecular weight excluding hydrogens is 292 g/mol. The summed E-state index contributed by atoms with van der Waals surface area (Å²) < 4.78 is 34.2. The molecule has 0 fully saturated rings. The Kier molecular flexibility index (Phi) is 4.19. The van der Waals surface area contributed by atoms with Crippen LogP contribution in [-0.4, -0.2) is 25.1 Å². The van der Waals surface area contributed by atoms with E-state index in [4.69, 9.17) is 10.5 Å². The Balaban J connectivity index is 2.45. The SMILES string of the molecule is COc1cccc(CN)c1NS(=O)(=O)c1cn(C)c(C)n1. The lowest BCUT2D eigenvalue weighted by Gasteiger charge is -2.14. The van der Waals surface area contributed by atoms with Gasteiger partial charge in [0.15, 0.2) is 5.03 Å². The highest BCUT2D eigenvalue weighted by atomic mass is 32.2. The molecule has 0 saturated heterocycles. The second kappa shape index (κ2) is 5.74. The van der Waals surface area contributed by atoms with Gasteiger partial charge in [-0.3, -0.25) is 4.72 Å². The summed E-state index contributed by atoms with van der Waals surface area (Å²) >= 11 is 0. The van der Waals surface area contributed by atoms with E-state index in [1.807, 2.05) is 0 Å². The van der Waals surface area contributed by atoms with Gasteiger partial charge in [0.05, 0.1) is 12.8 Å². The van der Waals surface area contributed by atoms with Gasteiger partial charge in [0.25, 0.3) is 10.0 Å². The van der Waals surface area contributed by atoms with Crippen molar-refractivity contribution < 1.29 is 13.2 Å². The standard InChI is InChI=1S/C13H18N4O3S/c1-9-15-12(8-17(9)2)21(18,19)16-13-10(7-14)5-4-6-11(13)20-3/h4-6,8,16H,7,14H2,1-3H3. The van der Waals surface area contributed by atoms with E-state index in [2.05, 4.69) is 9.71 Å². The molecule has 7 nitrogen and oxygen atoms in total. The normalized spacial score (nSPS) is 11.4. The zero-order chi connectivity index (χ0) is 15.6. The van der Waals surface area contributed by atoms with Gasteiger partial charge in [0, 0.05) is 19.8 Å². The first-order chi connectivity index (χ1) is 9.89. The van der Waals surface area contributed by atoms with Crippen molar-refractivity contribution in [3.63, 3.8) is 0 Å². The van der Waals surface area contributed by atoms with Gasteiger partial charge < -0.3 is 15.0 Å². The lowest BCUT2D eigenvalue weighted by molar-refractivity contribution is 0.416. The molecule has 1 heterocycles. The zero-order valence-electron chi connectivity index (χ0n) is 12.1. The molecule has 0 aliphatic rings. The van der Waals surface area contributed by atoms with Crippen LogP contribution >= 0.6 is 0 Å². The van der Waals surface area contributed by atoms with Crippen LogP contribution in [0.2, 0.25) is 0 Å². The van der Waals surface area contributed by atoms with Crippen LogP contribution in [0, 0.1) is 6.92 Å². The van der Waals surface area contributed by atoms with Crippen molar-refractivity contribution in [2.75, 3.05) is 11.8 Å². The van der Waals surface area contributed by atoms with Gasteiger partial charge in [-0.05, 0) is 18.6 Å². The molecule has 3 N–H and O–H groups in total. The van der Waals surface area contributed by atoms with E-state index >= 15 is 0 Å². The van der Waals surface area contributed by atoms with E-state index in [-0.39, 0.29) is 11.6 Å². The number of para-hydroxylation sites is 1. The van der Waals surface area contributed by atoms with E-state index in [1.54, 1.807) is 36.7 Å². The van der Waals surface area contributed by atoms with E-state index in [0.29, 0.717) is 22.8 Å². The van der Waals surface area contributed by atoms with Crippen molar-refractivity contribution in [1.82, 2.24) is 9.55 Å². The van der Waals surface area contributed by atoms with Crippen LogP contribution in [0.5, 0.6) is 5.75 Å². The second-order valence-electron chi connectivity index (χ2n) is 4.54. The van der Waals surface area contributed by atoms with Gasteiger partial charge in [-0.15, -0.1) is 0 Å². The molecule has 8 heteroatoms. The quantitative estimate of drug-likeness (QED) is 0.858. The number of methoxy groups -OCH3 is 1. The number of hydrogen-bond acceptors (Lipinski definition) is 5. The summed E-state index contributed by atoms with van der Waals surface area (Å²) in [4.78, 5) is 4.03. The molecule has 0 aliphatic heterocycles. The highest BCUT2D eigenvalue weighted by Gasteiger charge is 2.21. The maximum atomic E-state index is 12.4. The summed E-state index contributed by atoms with van der Waals surface area (Å²) in [6.07, 6.45) is 1.45. The van der Waals surface area contributed by atoms with Crippen LogP contribution in [0.4, 0.5) is 5.69 Å². The molecule has 0 atom stereocenters. The molecule has 2 rings (SSSR count). The van der Waals surface area contributed by atoms with Gasteiger partial charge in [0.1, 0.15) is 11.6 Å². The number of hydrogen-bond donors (Lipinski definition) is 2. The second-order valence-corrected chi connectivity index (χ2v) is 6.17. The summed E-state index contributed by atoms with van der Waals surface area (Å²) in [6.45, 7) is 1.92. The van der Waals surface area contributed by atoms with Crippen LogP contribution in [0.1, 0.15) is 11.4 Å². The van der Waals surface area contributed by atoms with Crippen LogP contribution in [0.3, 0.4) is 0 Å². The number of ether oxygens (including phenoxy) is 1. The fourth-order valence-electron chi connectivity index (χ4n) is 1.88. The van der Waals surface area contributed by atoms with E-state index < -0.39 is 10.0 Å². The van der Waals surface area contributed by atoms with Crippen LogP contribution in [0.25, 0.3) is 0 Å². The number of aromatic nitrogens is 2. The summed E-state index contributed by atoms with van der Waals surface area (Å²) in [6, 6.07) is 5.16. The fourth-order valence-corrected chi connectivity index (χ4v) is 3.03. The number of rotatable bonds is 5. The highest BCUT2D eigenvalue weighted by molar-refractivity contribution is 7.92. The van der Waals surface area contributed by atoms with Crippen molar-refractivity contribution in [2.45, 2.75) is 18.5 Å². The Morgan fingerprint density at radius 1 is 1.43 bits per heavy atom. The molecular formula is C13H18N4O3S. The van der Waals surface area contributed by atoms with E-state index in [1.165, 1.54) is 13.3 Å². The Morgan fingerprint density at radius 3 is 2.67 bits per heavy atom. The molecule has 0 saturated carbocycles. The highest BCUT2D eigenvalue weighted by Crippen LogP contribution is 2.30. The summed E-state index contributed by atoms with van der Waals surface area (Å²) in [5.41, 5.74) is 6.63. The lowest BCUT2D eigenvalue weighted by atomic mass is 10.1. The number of imidazole rings is 1. The maximum Gasteiger partial charge on any atom is 0.281 e. The molecule has 2 aromatic rings. The van der Waals surface area contributed by atoms with Gasteiger partial charge in [-0.2, -0.15) is 8.42 Å². The number of nitrogens with one attached hydrogen (secondary N) is 1. The zero-order valence-corrected chi connectivity index (χ0v) is 12.9. The minimum absolute atomic E-state index is 0.0450. The monoisotopic (exact) mass is 310 g/mol. The Morgan fingerprint density at radius 2 is 2.14 bits per heavy atom. The van der Waals surface area contributed by atoms with Crippen molar-refractivity contribution in [2.24, 2.45) is 12.8 Å². The minimum atomic E-state index is -3.80. The molecule has 0 aliphatic carbocycles.